The lowest BCUT2D eigenvalue weighted by atomic mass is 9.79. The van der Waals surface area contributed by atoms with Crippen LogP contribution in [0.5, 0.6) is 5.75 Å². The van der Waals surface area contributed by atoms with Crippen molar-refractivity contribution in [1.29, 1.82) is 0 Å². The van der Waals surface area contributed by atoms with Crippen LogP contribution in [0.2, 0.25) is 19.6 Å². The van der Waals surface area contributed by atoms with Crippen LogP contribution in [0.4, 0.5) is 26.3 Å². The number of aromatic hydroxyl groups is 1. The third kappa shape index (κ3) is 12.5. The van der Waals surface area contributed by atoms with Crippen LogP contribution in [0.15, 0.2) is 140 Å². The molecule has 86 heavy (non-hydrogen) atoms. The van der Waals surface area contributed by atoms with Crippen LogP contribution in [0.25, 0.3) is 83.9 Å². The highest BCUT2D eigenvalue weighted by Gasteiger charge is 2.43. The Balaban J connectivity index is 1.31. The van der Waals surface area contributed by atoms with Gasteiger partial charge >= 0.3 is 12.4 Å². The van der Waals surface area contributed by atoms with E-state index >= 15 is 26.3 Å². The first-order chi connectivity index (χ1) is 39.6. The van der Waals surface area contributed by atoms with Crippen LogP contribution < -0.4 is 5.19 Å². The van der Waals surface area contributed by atoms with Gasteiger partial charge in [0.15, 0.2) is 0 Å². The summed E-state index contributed by atoms with van der Waals surface area (Å²) < 4.78 is 93.8. The Morgan fingerprint density at radius 2 is 1.00 bits per heavy atom. The first-order valence-corrected chi connectivity index (χ1v) is 33.4. The van der Waals surface area contributed by atoms with E-state index in [4.69, 9.17) is 9.97 Å². The lowest BCUT2D eigenvalue weighted by Crippen LogP contribution is -2.39. The molecule has 0 bridgehead atoms. The molecule has 0 spiro atoms. The molecule has 4 nitrogen and oxygen atoms in total. The number of phenols is 1. The van der Waals surface area contributed by atoms with E-state index < -0.39 is 42.5 Å². The van der Waals surface area contributed by atoms with Crippen molar-refractivity contribution < 1.29 is 31.4 Å². The van der Waals surface area contributed by atoms with Crippen molar-refractivity contribution in [2.45, 2.75) is 176 Å². The van der Waals surface area contributed by atoms with Gasteiger partial charge in [-0.25, -0.2) is 4.98 Å². The molecular weight excluding hydrogens is 1100 g/mol. The van der Waals surface area contributed by atoms with Gasteiger partial charge < -0.3 is 5.11 Å². The molecule has 0 radical (unpaired) electrons. The summed E-state index contributed by atoms with van der Waals surface area (Å²) in [5, 5.41) is 12.8. The van der Waals surface area contributed by atoms with Crippen molar-refractivity contribution in [3.8, 4) is 78.6 Å². The lowest BCUT2D eigenvalue weighted by Gasteiger charge is -2.28. The molecule has 2 aromatic heterocycles. The first-order valence-electron chi connectivity index (χ1n) is 29.9. The zero-order valence-electron chi connectivity index (χ0n) is 53.5. The molecule has 2 heterocycles. The van der Waals surface area contributed by atoms with Gasteiger partial charge in [0, 0.05) is 34.0 Å². The number of hydrogen-bond donors (Lipinski definition) is 1. The Labute approximate surface area is 506 Å². The predicted molar refractivity (Wildman–Crippen MR) is 349 cm³/mol. The number of pyridine rings is 1. The minimum atomic E-state index is -5.06. The van der Waals surface area contributed by atoms with E-state index in [1.807, 2.05) is 45.9 Å². The fraction of sp³-hybridized carbons (Fsp3) is 0.360. The molecule has 9 aromatic rings. The SMILES string of the molecule is CC(C)c1cc(-c2c(C(F)(F)F)cc([Si](C)(C)C)cc2C(F)(F)F)cc(C(C)C)c1-c1ccnc(-c2cc(-c3cccc4c3nc(-c3cc(C(C)(C)C)cc(C(C)(C)C)c3O)n4-c3ccc(C(C)(C)C)cc3-c3ccccc3)cc(C(C)(C)C)c2)c1. The lowest BCUT2D eigenvalue weighted by molar-refractivity contribution is -0.141. The fourth-order valence-corrected chi connectivity index (χ4v) is 12.8. The van der Waals surface area contributed by atoms with Gasteiger partial charge in [-0.05, 0) is 138 Å². The zero-order valence-corrected chi connectivity index (χ0v) is 54.5. The Bertz CT molecular complexity index is 3990. The van der Waals surface area contributed by atoms with Crippen LogP contribution in [0, 0.1) is 0 Å². The Kier molecular flexibility index (Phi) is 16.3. The van der Waals surface area contributed by atoms with Gasteiger partial charge in [0.2, 0.25) is 0 Å². The smallest absolute Gasteiger partial charge is 0.417 e. The molecule has 0 saturated heterocycles. The maximum atomic E-state index is 15.3. The second-order valence-electron chi connectivity index (χ2n) is 29.2. The molecule has 11 heteroatoms. The van der Waals surface area contributed by atoms with Crippen molar-refractivity contribution in [3.63, 3.8) is 0 Å². The molecule has 0 amide bonds. The number of rotatable bonds is 10. The molecule has 0 aliphatic carbocycles. The number of imidazole rings is 1. The fourth-order valence-electron chi connectivity index (χ4n) is 11.6. The van der Waals surface area contributed by atoms with E-state index in [0.29, 0.717) is 28.2 Å². The summed E-state index contributed by atoms with van der Waals surface area (Å²) in [5.41, 5.74) is 10.4. The van der Waals surface area contributed by atoms with Crippen LogP contribution in [0.3, 0.4) is 0 Å². The van der Waals surface area contributed by atoms with Crippen molar-refractivity contribution in [2.24, 2.45) is 0 Å². The monoisotopic (exact) mass is 1180 g/mol. The highest BCUT2D eigenvalue weighted by Crippen LogP contribution is 2.50. The van der Waals surface area contributed by atoms with E-state index in [9.17, 15) is 5.11 Å². The normalized spacial score (nSPS) is 13.2. The highest BCUT2D eigenvalue weighted by molar-refractivity contribution is 6.88. The quantitative estimate of drug-likeness (QED) is 0.110. The summed E-state index contributed by atoms with van der Waals surface area (Å²) in [6, 6.07) is 42.8. The molecule has 0 unspecified atom stereocenters. The maximum absolute atomic E-state index is 15.3. The second kappa shape index (κ2) is 22.2. The van der Waals surface area contributed by atoms with Crippen molar-refractivity contribution >= 4 is 24.3 Å². The minimum absolute atomic E-state index is 0.0843. The number of benzene rings is 7. The predicted octanol–water partition coefficient (Wildman–Crippen LogP) is 22.1. The van der Waals surface area contributed by atoms with Crippen molar-refractivity contribution in [1.82, 2.24) is 14.5 Å². The average molecular weight is 1180 g/mol. The number of hydrogen-bond acceptors (Lipinski definition) is 3. The van der Waals surface area contributed by atoms with Crippen LogP contribution in [-0.4, -0.2) is 27.7 Å². The third-order valence-corrected chi connectivity index (χ3v) is 18.7. The standard InChI is InChI=1S/C75H83F6N3OSi/c1-43(2)55-35-49(66-59(74(76,77)78)41-53(86(17,18)19)42-60(66)75(79,80)81)36-56(44(3)4)65(55)46-30-31-82-62(37-46)48-32-47(33-51(34-48)71(8,9)10)54-26-23-27-64-67(54)83-69(58-39-52(72(11,12)13)40-61(68(58)85)73(14,15)16)84(64)63-29-28-50(70(5,6)7)38-57(63)45-24-21-20-22-25-45/h20-44,85H,1-19H3. The summed E-state index contributed by atoms with van der Waals surface area (Å²) in [7, 11) is -2.65. The first kappa shape index (κ1) is 63.3. The van der Waals surface area contributed by atoms with Gasteiger partial charge in [-0.1, -0.05) is 221 Å². The number of fused-ring (bicyclic) bond motifs is 1. The Morgan fingerprint density at radius 1 is 0.453 bits per heavy atom. The van der Waals surface area contributed by atoms with E-state index in [2.05, 4.69) is 179 Å². The number of halogens is 6. The summed E-state index contributed by atoms with van der Waals surface area (Å²) in [5.74, 6) is 0.152. The summed E-state index contributed by atoms with van der Waals surface area (Å²) in [6.45, 7) is 38.9. The minimum Gasteiger partial charge on any atom is -0.507 e. The molecule has 0 atom stereocenters. The topological polar surface area (TPSA) is 50.9 Å². The van der Waals surface area contributed by atoms with Crippen LogP contribution >= 0.6 is 0 Å². The molecule has 0 saturated carbocycles. The van der Waals surface area contributed by atoms with Gasteiger partial charge in [-0.2, -0.15) is 26.3 Å². The third-order valence-electron chi connectivity index (χ3n) is 16.7. The molecule has 1 N–H and O–H groups in total. The molecule has 0 aliphatic rings. The van der Waals surface area contributed by atoms with Crippen molar-refractivity contribution in [3.05, 3.63) is 184 Å². The van der Waals surface area contributed by atoms with Gasteiger partial charge in [0.1, 0.15) is 11.6 Å². The van der Waals surface area contributed by atoms with Gasteiger partial charge in [0.25, 0.3) is 0 Å². The van der Waals surface area contributed by atoms with Gasteiger partial charge in [0.05, 0.1) is 47.2 Å². The Morgan fingerprint density at radius 3 is 1.52 bits per heavy atom. The number of phenolic OH excluding ortho intramolecular Hbond substituents is 1. The number of para-hydroxylation sites is 1. The molecule has 0 fully saturated rings. The number of nitrogens with zero attached hydrogens (tertiary/aromatic N) is 3. The van der Waals surface area contributed by atoms with Gasteiger partial charge in [-0.15, -0.1) is 0 Å². The average Bonchev–Trinajstić information content (AvgIpc) is 1.40. The molecule has 0 aliphatic heterocycles. The van der Waals surface area contributed by atoms with E-state index in [1.54, 1.807) is 25.8 Å². The van der Waals surface area contributed by atoms with Crippen LogP contribution in [-0.2, 0) is 34.0 Å². The van der Waals surface area contributed by atoms with E-state index in [-0.39, 0.29) is 44.6 Å². The van der Waals surface area contributed by atoms with Crippen LogP contribution in [0.1, 0.15) is 167 Å². The zero-order chi connectivity index (χ0) is 63.3. The van der Waals surface area contributed by atoms with E-state index in [1.165, 1.54) is 17.7 Å². The largest absolute Gasteiger partial charge is 0.507 e. The molecule has 450 valence electrons. The van der Waals surface area contributed by atoms with Gasteiger partial charge in [-0.3, -0.25) is 9.55 Å². The number of alkyl halides is 6. The summed E-state index contributed by atoms with van der Waals surface area (Å²) in [6.07, 6.45) is -8.40. The molecule has 9 rings (SSSR count). The van der Waals surface area contributed by atoms with E-state index in [0.717, 1.165) is 84.5 Å². The number of aromatic nitrogens is 3. The highest BCUT2D eigenvalue weighted by atomic mass is 28.3. The molecular formula is C75H83F6N3OSi. The summed E-state index contributed by atoms with van der Waals surface area (Å²) >= 11 is 0. The van der Waals surface area contributed by atoms with Crippen molar-refractivity contribution in [2.75, 3.05) is 0 Å². The Hall–Kier alpha value is -7.24. The second-order valence-corrected chi connectivity index (χ2v) is 34.3. The molecule has 7 aromatic carbocycles. The summed E-state index contributed by atoms with van der Waals surface area (Å²) in [4.78, 5) is 10.7. The maximum Gasteiger partial charge on any atom is 0.417 e.